The first-order valence-electron chi connectivity index (χ1n) is 8.68. The summed E-state index contributed by atoms with van der Waals surface area (Å²) in [4.78, 5) is 7.71. The van der Waals surface area contributed by atoms with Crippen molar-refractivity contribution in [1.82, 2.24) is 9.97 Å². The van der Waals surface area contributed by atoms with Crippen molar-refractivity contribution in [2.45, 2.75) is 25.9 Å². The fourth-order valence-corrected chi connectivity index (χ4v) is 2.62. The van der Waals surface area contributed by atoms with Gasteiger partial charge < -0.3 is 10.6 Å². The van der Waals surface area contributed by atoms with Gasteiger partial charge in [-0.2, -0.15) is 18.2 Å². The van der Waals surface area contributed by atoms with Gasteiger partial charge in [-0.25, -0.2) is 9.37 Å². The standard InChI is InChI=1S/C20H18F4N4/c1-2-4-13-7-9-15(10-8-13)27-19-25-12-17(20(22,23)24)18(28-19)26-16-6-3-5-14(21)11-16/h3,5-12H,2,4H2,1H3,(H2,25,26,27,28). The van der Waals surface area contributed by atoms with Crippen LogP contribution in [0.2, 0.25) is 0 Å². The van der Waals surface area contributed by atoms with Crippen molar-refractivity contribution < 1.29 is 17.6 Å². The van der Waals surface area contributed by atoms with Crippen molar-refractivity contribution in [3.63, 3.8) is 0 Å². The third-order valence-electron chi connectivity index (χ3n) is 3.93. The first-order valence-corrected chi connectivity index (χ1v) is 8.68. The Bertz CT molecular complexity index is 940. The smallest absolute Gasteiger partial charge is 0.339 e. The number of nitrogens with one attached hydrogen (secondary N) is 2. The molecule has 2 aromatic carbocycles. The maximum atomic E-state index is 13.4. The van der Waals surface area contributed by atoms with E-state index >= 15 is 0 Å². The lowest BCUT2D eigenvalue weighted by atomic mass is 10.1. The Morgan fingerprint density at radius 2 is 1.71 bits per heavy atom. The van der Waals surface area contributed by atoms with E-state index in [1.54, 1.807) is 0 Å². The summed E-state index contributed by atoms with van der Waals surface area (Å²) >= 11 is 0. The van der Waals surface area contributed by atoms with E-state index in [1.165, 1.54) is 18.2 Å². The molecule has 0 unspecified atom stereocenters. The average molecular weight is 390 g/mol. The maximum Gasteiger partial charge on any atom is 0.421 e. The molecule has 0 saturated heterocycles. The highest BCUT2D eigenvalue weighted by Gasteiger charge is 2.35. The predicted octanol–water partition coefficient (Wildman–Crippen LogP) is 6.07. The quantitative estimate of drug-likeness (QED) is 0.501. The Balaban J connectivity index is 1.88. The number of halogens is 4. The summed E-state index contributed by atoms with van der Waals surface area (Å²) in [5, 5.41) is 5.41. The third kappa shape index (κ3) is 4.97. The molecule has 2 N–H and O–H groups in total. The molecule has 146 valence electrons. The van der Waals surface area contributed by atoms with Gasteiger partial charge in [0.25, 0.3) is 0 Å². The zero-order valence-electron chi connectivity index (χ0n) is 15.0. The number of alkyl halides is 3. The molecule has 0 saturated carbocycles. The second-order valence-corrected chi connectivity index (χ2v) is 6.16. The summed E-state index contributed by atoms with van der Waals surface area (Å²) in [6.45, 7) is 2.08. The summed E-state index contributed by atoms with van der Waals surface area (Å²) in [5.41, 5.74) is 0.922. The van der Waals surface area contributed by atoms with Gasteiger partial charge in [-0.15, -0.1) is 0 Å². The van der Waals surface area contributed by atoms with Crippen molar-refractivity contribution in [2.24, 2.45) is 0 Å². The normalized spacial score (nSPS) is 11.3. The summed E-state index contributed by atoms with van der Waals surface area (Å²) in [6, 6.07) is 12.6. The molecule has 0 bridgehead atoms. The third-order valence-corrected chi connectivity index (χ3v) is 3.93. The molecule has 0 aliphatic rings. The summed E-state index contributed by atoms with van der Waals surface area (Å²) in [7, 11) is 0. The number of hydrogen-bond donors (Lipinski definition) is 2. The minimum Gasteiger partial charge on any atom is -0.339 e. The Morgan fingerprint density at radius 1 is 0.964 bits per heavy atom. The van der Waals surface area contributed by atoms with Gasteiger partial charge in [0.1, 0.15) is 17.2 Å². The number of benzene rings is 2. The Hall–Kier alpha value is -3.16. The van der Waals surface area contributed by atoms with Crippen LogP contribution in [0.1, 0.15) is 24.5 Å². The molecule has 4 nitrogen and oxygen atoms in total. The zero-order chi connectivity index (χ0) is 20.1. The molecule has 0 atom stereocenters. The number of hydrogen-bond acceptors (Lipinski definition) is 4. The van der Waals surface area contributed by atoms with Gasteiger partial charge in [0.15, 0.2) is 0 Å². The predicted molar refractivity (Wildman–Crippen MR) is 100 cm³/mol. The molecular formula is C20H18F4N4. The van der Waals surface area contributed by atoms with E-state index < -0.39 is 23.4 Å². The number of aryl methyl sites for hydroxylation is 1. The molecule has 0 radical (unpaired) electrons. The van der Waals surface area contributed by atoms with E-state index in [0.717, 1.165) is 24.5 Å². The van der Waals surface area contributed by atoms with E-state index in [1.807, 2.05) is 24.3 Å². The lowest BCUT2D eigenvalue weighted by molar-refractivity contribution is -0.137. The van der Waals surface area contributed by atoms with Gasteiger partial charge in [0, 0.05) is 17.6 Å². The van der Waals surface area contributed by atoms with Gasteiger partial charge in [0.2, 0.25) is 5.95 Å². The molecule has 0 spiro atoms. The van der Waals surface area contributed by atoms with Gasteiger partial charge in [0.05, 0.1) is 0 Å². The SMILES string of the molecule is CCCc1ccc(Nc2ncc(C(F)(F)F)c(Nc3cccc(F)c3)n2)cc1. The molecule has 0 aliphatic carbocycles. The van der Waals surface area contributed by atoms with Crippen molar-refractivity contribution >= 4 is 23.1 Å². The van der Waals surface area contributed by atoms with E-state index in [4.69, 9.17) is 0 Å². The highest BCUT2D eigenvalue weighted by atomic mass is 19.4. The van der Waals surface area contributed by atoms with Crippen LogP contribution < -0.4 is 10.6 Å². The Morgan fingerprint density at radius 3 is 2.36 bits per heavy atom. The fraction of sp³-hybridized carbons (Fsp3) is 0.200. The highest BCUT2D eigenvalue weighted by molar-refractivity contribution is 5.63. The van der Waals surface area contributed by atoms with Crippen LogP contribution in [0.5, 0.6) is 0 Å². The number of aromatic nitrogens is 2. The van der Waals surface area contributed by atoms with Crippen molar-refractivity contribution in [3.8, 4) is 0 Å². The second-order valence-electron chi connectivity index (χ2n) is 6.16. The van der Waals surface area contributed by atoms with Crippen molar-refractivity contribution in [1.29, 1.82) is 0 Å². The summed E-state index contributed by atoms with van der Waals surface area (Å²) < 4.78 is 53.2. The molecule has 3 aromatic rings. The van der Waals surface area contributed by atoms with Crippen molar-refractivity contribution in [2.75, 3.05) is 10.6 Å². The van der Waals surface area contributed by atoms with Crippen LogP contribution in [0.25, 0.3) is 0 Å². The molecule has 8 heteroatoms. The molecule has 28 heavy (non-hydrogen) atoms. The van der Waals surface area contributed by atoms with Crippen LogP contribution in [0.15, 0.2) is 54.7 Å². The molecular weight excluding hydrogens is 372 g/mol. The molecule has 1 heterocycles. The maximum absolute atomic E-state index is 13.4. The van der Waals surface area contributed by atoms with E-state index in [2.05, 4.69) is 27.5 Å². The second kappa shape index (κ2) is 8.24. The molecule has 0 fully saturated rings. The molecule has 0 aliphatic heterocycles. The van der Waals surface area contributed by atoms with Crippen LogP contribution in [0.4, 0.5) is 40.7 Å². The minimum atomic E-state index is -4.66. The minimum absolute atomic E-state index is 0.00450. The summed E-state index contributed by atoms with van der Waals surface area (Å²) in [5.74, 6) is -1.04. The zero-order valence-corrected chi connectivity index (χ0v) is 15.0. The first kappa shape index (κ1) is 19.6. The van der Waals surface area contributed by atoms with Crippen LogP contribution in [0.3, 0.4) is 0 Å². The van der Waals surface area contributed by atoms with Gasteiger partial charge in [-0.05, 0) is 42.3 Å². The molecule has 1 aromatic heterocycles. The van der Waals surface area contributed by atoms with Crippen LogP contribution >= 0.6 is 0 Å². The van der Waals surface area contributed by atoms with E-state index in [-0.39, 0.29) is 11.6 Å². The Labute approximate surface area is 159 Å². The first-order chi connectivity index (χ1) is 13.3. The molecule has 0 amide bonds. The van der Waals surface area contributed by atoms with Crippen molar-refractivity contribution in [3.05, 3.63) is 71.7 Å². The largest absolute Gasteiger partial charge is 0.421 e. The van der Waals surface area contributed by atoms with Gasteiger partial charge in [-0.1, -0.05) is 31.5 Å². The lowest BCUT2D eigenvalue weighted by Gasteiger charge is -2.15. The number of nitrogens with zero attached hydrogens (tertiary/aromatic N) is 2. The number of rotatable bonds is 6. The molecule has 3 rings (SSSR count). The highest BCUT2D eigenvalue weighted by Crippen LogP contribution is 2.35. The fourth-order valence-electron chi connectivity index (χ4n) is 2.62. The summed E-state index contributed by atoms with van der Waals surface area (Å²) in [6.07, 6.45) is -2.00. The number of anilines is 4. The van der Waals surface area contributed by atoms with Crippen LogP contribution in [-0.2, 0) is 12.6 Å². The Kier molecular flexibility index (Phi) is 5.77. The topological polar surface area (TPSA) is 49.8 Å². The van der Waals surface area contributed by atoms with E-state index in [0.29, 0.717) is 11.9 Å². The van der Waals surface area contributed by atoms with Crippen LogP contribution in [0, 0.1) is 5.82 Å². The monoisotopic (exact) mass is 390 g/mol. The lowest BCUT2D eigenvalue weighted by Crippen LogP contribution is -2.12. The van der Waals surface area contributed by atoms with Gasteiger partial charge >= 0.3 is 6.18 Å². The van der Waals surface area contributed by atoms with E-state index in [9.17, 15) is 17.6 Å². The average Bonchev–Trinajstić information content (AvgIpc) is 2.63. The van der Waals surface area contributed by atoms with Crippen LogP contribution in [-0.4, -0.2) is 9.97 Å². The van der Waals surface area contributed by atoms with Gasteiger partial charge in [-0.3, -0.25) is 0 Å².